The first kappa shape index (κ1) is 14.2. The van der Waals surface area contributed by atoms with Gasteiger partial charge in [-0.3, -0.25) is 0 Å². The molecule has 0 saturated heterocycles. The molecule has 1 aromatic carbocycles. The van der Waals surface area contributed by atoms with Gasteiger partial charge >= 0.3 is 12.4 Å². The highest BCUT2D eigenvalue weighted by molar-refractivity contribution is 6.03. The van der Waals surface area contributed by atoms with Crippen LogP contribution in [0.15, 0.2) is 29.3 Å². The molecule has 1 aliphatic heterocycles. The van der Waals surface area contributed by atoms with Crippen molar-refractivity contribution in [1.82, 2.24) is 4.90 Å². The predicted octanol–water partition coefficient (Wildman–Crippen LogP) is 2.44. The van der Waals surface area contributed by atoms with E-state index >= 15 is 0 Å². The van der Waals surface area contributed by atoms with Crippen LogP contribution in [0.1, 0.15) is 18.5 Å². The van der Waals surface area contributed by atoms with Gasteiger partial charge in [0.1, 0.15) is 17.6 Å². The number of amidine groups is 1. The van der Waals surface area contributed by atoms with Gasteiger partial charge in [-0.05, 0) is 24.6 Å². The van der Waals surface area contributed by atoms with Crippen molar-refractivity contribution >= 4 is 11.9 Å². The van der Waals surface area contributed by atoms with Crippen LogP contribution in [0.25, 0.3) is 0 Å². The third-order valence-electron chi connectivity index (χ3n) is 2.81. The Balaban J connectivity index is 2.31. The molecule has 0 aliphatic carbocycles. The van der Waals surface area contributed by atoms with Gasteiger partial charge < -0.3 is 15.4 Å². The van der Waals surface area contributed by atoms with Gasteiger partial charge in [0.05, 0.1) is 0 Å². The maximum absolute atomic E-state index is 12.2. The van der Waals surface area contributed by atoms with Gasteiger partial charge in [-0.1, -0.05) is 12.1 Å². The minimum absolute atomic E-state index is 0.0565. The summed E-state index contributed by atoms with van der Waals surface area (Å²) >= 11 is 0. The summed E-state index contributed by atoms with van der Waals surface area (Å²) < 4.78 is 40.4. The Morgan fingerprint density at radius 1 is 1.45 bits per heavy atom. The van der Waals surface area contributed by atoms with Gasteiger partial charge in [-0.25, -0.2) is 4.79 Å². The van der Waals surface area contributed by atoms with Crippen molar-refractivity contribution in [2.75, 3.05) is 6.54 Å². The Labute approximate surface area is 112 Å². The number of nitrogens with zero attached hydrogens (tertiary/aromatic N) is 2. The summed E-state index contributed by atoms with van der Waals surface area (Å²) in [5.41, 5.74) is 6.09. The molecule has 0 saturated carbocycles. The second-order valence-electron chi connectivity index (χ2n) is 4.13. The molecular formula is C12H12F3N3O2. The Kier molecular flexibility index (Phi) is 3.56. The molecule has 1 unspecified atom stereocenters. The average Bonchev–Trinajstić information content (AvgIpc) is 2.61. The number of urea groups is 1. The largest absolute Gasteiger partial charge is 0.573 e. The van der Waals surface area contributed by atoms with E-state index in [1.165, 1.54) is 23.1 Å². The summed E-state index contributed by atoms with van der Waals surface area (Å²) in [4.78, 5) is 16.5. The van der Waals surface area contributed by atoms with Crippen molar-refractivity contribution < 1.29 is 22.7 Å². The zero-order chi connectivity index (χ0) is 14.9. The van der Waals surface area contributed by atoms with Crippen molar-refractivity contribution in [3.8, 4) is 5.75 Å². The first-order valence-corrected chi connectivity index (χ1v) is 5.82. The second-order valence-corrected chi connectivity index (χ2v) is 4.13. The number of alkyl halides is 3. The fourth-order valence-corrected chi connectivity index (χ4v) is 2.06. The average molecular weight is 287 g/mol. The smallest absolute Gasteiger partial charge is 0.406 e. The van der Waals surface area contributed by atoms with Crippen LogP contribution in [-0.2, 0) is 0 Å². The van der Waals surface area contributed by atoms with Crippen LogP contribution >= 0.6 is 0 Å². The zero-order valence-corrected chi connectivity index (χ0v) is 10.5. The van der Waals surface area contributed by atoms with Crippen molar-refractivity contribution in [2.45, 2.75) is 19.3 Å². The molecule has 5 nitrogen and oxygen atoms in total. The minimum atomic E-state index is -4.77. The summed E-state index contributed by atoms with van der Waals surface area (Å²) in [6.45, 7) is 2.08. The monoisotopic (exact) mass is 287 g/mol. The number of nitrogens with two attached hydrogens (primary N) is 1. The van der Waals surface area contributed by atoms with E-state index in [1.54, 1.807) is 13.0 Å². The molecule has 0 spiro atoms. The SMILES string of the molecule is CCN1C(=O)N=C(N)C1c1cccc(OC(F)(F)F)c1. The molecule has 2 rings (SSSR count). The van der Waals surface area contributed by atoms with Crippen LogP contribution in [0.4, 0.5) is 18.0 Å². The number of rotatable bonds is 3. The van der Waals surface area contributed by atoms with E-state index in [4.69, 9.17) is 5.73 Å². The van der Waals surface area contributed by atoms with E-state index in [-0.39, 0.29) is 11.6 Å². The van der Waals surface area contributed by atoms with Crippen LogP contribution in [0, 0.1) is 0 Å². The summed E-state index contributed by atoms with van der Waals surface area (Å²) in [6, 6.07) is 4.18. The second kappa shape index (κ2) is 5.03. The number of halogens is 3. The first-order valence-electron chi connectivity index (χ1n) is 5.82. The van der Waals surface area contributed by atoms with Gasteiger partial charge in [0.2, 0.25) is 0 Å². The van der Waals surface area contributed by atoms with Crippen molar-refractivity contribution in [1.29, 1.82) is 0 Å². The van der Waals surface area contributed by atoms with Gasteiger partial charge in [-0.2, -0.15) is 4.99 Å². The van der Waals surface area contributed by atoms with E-state index in [9.17, 15) is 18.0 Å². The fraction of sp³-hybridized carbons (Fsp3) is 0.333. The van der Waals surface area contributed by atoms with Crippen molar-refractivity contribution in [3.63, 3.8) is 0 Å². The van der Waals surface area contributed by atoms with Gasteiger partial charge in [0, 0.05) is 6.54 Å². The van der Waals surface area contributed by atoms with Crippen LogP contribution < -0.4 is 10.5 Å². The number of aliphatic imine (C=N–C) groups is 1. The normalized spacial score (nSPS) is 19.2. The molecule has 0 fully saturated rings. The van der Waals surface area contributed by atoms with E-state index < -0.39 is 18.4 Å². The van der Waals surface area contributed by atoms with Crippen LogP contribution in [0.2, 0.25) is 0 Å². The Hall–Kier alpha value is -2.25. The minimum Gasteiger partial charge on any atom is -0.406 e. The molecule has 2 N–H and O–H groups in total. The summed E-state index contributed by atoms with van der Waals surface area (Å²) in [7, 11) is 0. The van der Waals surface area contributed by atoms with E-state index in [2.05, 4.69) is 9.73 Å². The van der Waals surface area contributed by atoms with Crippen LogP contribution in [0.3, 0.4) is 0 Å². The highest BCUT2D eigenvalue weighted by Crippen LogP contribution is 2.30. The third kappa shape index (κ3) is 2.84. The number of likely N-dealkylation sites (N-methyl/N-ethyl adjacent to an activating group) is 1. The highest BCUT2D eigenvalue weighted by atomic mass is 19.4. The maximum atomic E-state index is 12.2. The molecule has 0 bridgehead atoms. The molecular weight excluding hydrogens is 275 g/mol. The molecule has 108 valence electrons. The first-order chi connectivity index (χ1) is 9.31. The lowest BCUT2D eigenvalue weighted by Crippen LogP contribution is -2.33. The number of benzene rings is 1. The number of amides is 2. The number of carbonyl (C=O) groups is 1. The van der Waals surface area contributed by atoms with E-state index in [0.717, 1.165) is 0 Å². The molecule has 1 aliphatic rings. The summed E-state index contributed by atoms with van der Waals surface area (Å²) in [5.74, 6) is -0.306. The van der Waals surface area contributed by atoms with Crippen molar-refractivity contribution in [3.05, 3.63) is 29.8 Å². The maximum Gasteiger partial charge on any atom is 0.573 e. The predicted molar refractivity (Wildman–Crippen MR) is 65.3 cm³/mol. The van der Waals surface area contributed by atoms with Gasteiger partial charge in [0.15, 0.2) is 0 Å². The Morgan fingerprint density at radius 2 is 2.15 bits per heavy atom. The standard InChI is InChI=1S/C12H12F3N3O2/c1-2-18-9(10(16)17-11(18)19)7-4-3-5-8(6-7)20-12(13,14)15/h3-6,9H,2H2,1H3,(H2,16,17,19). The zero-order valence-electron chi connectivity index (χ0n) is 10.5. The topological polar surface area (TPSA) is 67.9 Å². The summed E-state index contributed by atoms with van der Waals surface area (Å²) in [5, 5.41) is 0. The summed E-state index contributed by atoms with van der Waals surface area (Å²) in [6.07, 6.45) is -4.77. The molecule has 8 heteroatoms. The van der Waals surface area contributed by atoms with Gasteiger partial charge in [0.25, 0.3) is 0 Å². The molecule has 20 heavy (non-hydrogen) atoms. The molecule has 2 amide bonds. The lowest BCUT2D eigenvalue weighted by molar-refractivity contribution is -0.274. The van der Waals surface area contributed by atoms with Crippen LogP contribution in [0.5, 0.6) is 5.75 Å². The Bertz CT molecular complexity index is 557. The number of carbonyl (C=O) groups excluding carboxylic acids is 1. The molecule has 1 atom stereocenters. The molecule has 0 aromatic heterocycles. The fourth-order valence-electron chi connectivity index (χ4n) is 2.06. The van der Waals surface area contributed by atoms with Crippen molar-refractivity contribution in [2.24, 2.45) is 10.7 Å². The highest BCUT2D eigenvalue weighted by Gasteiger charge is 2.35. The lowest BCUT2D eigenvalue weighted by Gasteiger charge is -2.23. The van der Waals surface area contributed by atoms with E-state index in [0.29, 0.717) is 12.1 Å². The number of hydrogen-bond donors (Lipinski definition) is 1. The Morgan fingerprint density at radius 3 is 2.75 bits per heavy atom. The molecule has 1 heterocycles. The number of hydrogen-bond acceptors (Lipinski definition) is 3. The van der Waals surface area contributed by atoms with E-state index in [1.807, 2.05) is 0 Å². The van der Waals surface area contributed by atoms with Crippen LogP contribution in [-0.4, -0.2) is 29.7 Å². The van der Waals surface area contributed by atoms with Gasteiger partial charge in [-0.15, -0.1) is 13.2 Å². The molecule has 0 radical (unpaired) electrons. The molecule has 1 aromatic rings. The quantitative estimate of drug-likeness (QED) is 0.928. The third-order valence-corrected chi connectivity index (χ3v) is 2.81. The number of ether oxygens (including phenoxy) is 1. The lowest BCUT2D eigenvalue weighted by atomic mass is 10.1.